The van der Waals surface area contributed by atoms with Crippen molar-refractivity contribution in [3.05, 3.63) is 0 Å². The van der Waals surface area contributed by atoms with Gasteiger partial charge < -0.3 is 18.9 Å². The van der Waals surface area contributed by atoms with Crippen molar-refractivity contribution in [3.8, 4) is 0 Å². The van der Waals surface area contributed by atoms with E-state index in [4.69, 9.17) is 18.9 Å². The average molecular weight is 292 g/mol. The molecule has 0 aromatic carbocycles. The molecule has 0 N–H and O–H groups in total. The van der Waals surface area contributed by atoms with Crippen LogP contribution in [0, 0.1) is 0 Å². The van der Waals surface area contributed by atoms with E-state index in [-0.39, 0.29) is 0 Å². The lowest BCUT2D eigenvalue weighted by Gasteiger charge is -2.02. The van der Waals surface area contributed by atoms with Crippen LogP contribution in [0.4, 0.5) is 0 Å². The Morgan fingerprint density at radius 2 is 0.550 bits per heavy atom. The van der Waals surface area contributed by atoms with Crippen LogP contribution in [-0.4, -0.2) is 52.9 Å². The Kier molecular flexibility index (Phi) is 26.4. The van der Waals surface area contributed by atoms with Gasteiger partial charge in [0.25, 0.3) is 0 Å². The molecule has 0 bridgehead atoms. The second-order valence-electron chi connectivity index (χ2n) is 4.45. The molecular formula is C16H36O4. The lowest BCUT2D eigenvalue weighted by Crippen LogP contribution is -2.04. The number of ether oxygens (including phenoxy) is 4. The second kappa shape index (κ2) is 23.9. The zero-order valence-electron chi connectivity index (χ0n) is 14.1. The Labute approximate surface area is 126 Å². The molecule has 124 valence electrons. The van der Waals surface area contributed by atoms with E-state index in [2.05, 4.69) is 27.7 Å². The quantitative estimate of drug-likeness (QED) is 0.458. The minimum absolute atomic E-state index is 0.744. The van der Waals surface area contributed by atoms with Crippen LogP contribution in [0.5, 0.6) is 0 Å². The van der Waals surface area contributed by atoms with E-state index >= 15 is 0 Å². The van der Waals surface area contributed by atoms with E-state index < -0.39 is 0 Å². The molecule has 0 radical (unpaired) electrons. The van der Waals surface area contributed by atoms with E-state index in [1.165, 1.54) is 0 Å². The van der Waals surface area contributed by atoms with Crippen LogP contribution in [0.1, 0.15) is 53.4 Å². The van der Waals surface area contributed by atoms with Crippen molar-refractivity contribution < 1.29 is 18.9 Å². The summed E-state index contributed by atoms with van der Waals surface area (Å²) in [6.45, 7) is 14.8. The molecule has 0 spiro atoms. The molecule has 0 amide bonds. The van der Waals surface area contributed by atoms with E-state index in [1.54, 1.807) is 0 Å². The normalized spacial score (nSPS) is 10.2. The summed E-state index contributed by atoms with van der Waals surface area (Å²) in [7, 11) is 0. The lowest BCUT2D eigenvalue weighted by atomic mass is 10.5. The Hall–Kier alpha value is -0.160. The summed E-state index contributed by atoms with van der Waals surface area (Å²) < 4.78 is 20.8. The van der Waals surface area contributed by atoms with Crippen molar-refractivity contribution in [3.63, 3.8) is 0 Å². The highest BCUT2D eigenvalue weighted by Gasteiger charge is 1.86. The topological polar surface area (TPSA) is 36.9 Å². The molecule has 0 atom stereocenters. The largest absolute Gasteiger partial charge is 0.379 e. The maximum absolute atomic E-state index is 5.20. The fourth-order valence-corrected chi connectivity index (χ4v) is 1.22. The summed E-state index contributed by atoms with van der Waals surface area (Å²) in [6, 6.07) is 0. The van der Waals surface area contributed by atoms with E-state index in [1.807, 2.05) is 0 Å². The molecule has 0 saturated carbocycles. The number of rotatable bonds is 14. The predicted molar refractivity (Wildman–Crippen MR) is 84.4 cm³/mol. The molecule has 4 nitrogen and oxygen atoms in total. The summed E-state index contributed by atoms with van der Waals surface area (Å²) in [5, 5.41) is 0. The first kappa shape index (κ1) is 22.1. The Morgan fingerprint density at radius 3 is 0.700 bits per heavy atom. The van der Waals surface area contributed by atoms with Crippen molar-refractivity contribution in [2.45, 2.75) is 53.4 Å². The molecule has 0 fully saturated rings. The van der Waals surface area contributed by atoms with Crippen molar-refractivity contribution in [1.82, 2.24) is 0 Å². The molecule has 0 aromatic rings. The highest BCUT2D eigenvalue weighted by Crippen LogP contribution is 1.84. The summed E-state index contributed by atoms with van der Waals surface area (Å²) in [5.74, 6) is 0. The molecule has 20 heavy (non-hydrogen) atoms. The monoisotopic (exact) mass is 292 g/mol. The SMILES string of the molecule is CCCOCCOCCC.CCCOCCOCCC. The van der Waals surface area contributed by atoms with Crippen LogP contribution in [0.25, 0.3) is 0 Å². The number of hydrogen-bond acceptors (Lipinski definition) is 4. The van der Waals surface area contributed by atoms with Gasteiger partial charge >= 0.3 is 0 Å². The minimum Gasteiger partial charge on any atom is -0.379 e. The first-order chi connectivity index (χ1) is 9.83. The van der Waals surface area contributed by atoms with Gasteiger partial charge in [0, 0.05) is 26.4 Å². The second-order valence-corrected chi connectivity index (χ2v) is 4.45. The van der Waals surface area contributed by atoms with Crippen LogP contribution < -0.4 is 0 Å². The molecule has 0 aliphatic carbocycles. The molecule has 0 unspecified atom stereocenters. The summed E-state index contributed by atoms with van der Waals surface area (Å²) in [4.78, 5) is 0. The van der Waals surface area contributed by atoms with Crippen LogP contribution in [0.2, 0.25) is 0 Å². The summed E-state index contributed by atoms with van der Waals surface area (Å²) in [5.41, 5.74) is 0. The van der Waals surface area contributed by atoms with Gasteiger partial charge in [-0.1, -0.05) is 27.7 Å². The first-order valence-electron chi connectivity index (χ1n) is 8.14. The molecule has 0 aromatic heterocycles. The van der Waals surface area contributed by atoms with Crippen LogP contribution >= 0.6 is 0 Å². The molecule has 0 rings (SSSR count). The fraction of sp³-hybridized carbons (Fsp3) is 1.00. The minimum atomic E-state index is 0.744. The van der Waals surface area contributed by atoms with Crippen LogP contribution in [-0.2, 0) is 18.9 Å². The third-order valence-corrected chi connectivity index (χ3v) is 2.14. The Balaban J connectivity index is 0. The standard InChI is InChI=1S/2C8H18O2/c2*1-3-5-9-7-8-10-6-4-2/h2*3-8H2,1-2H3. The smallest absolute Gasteiger partial charge is 0.0700 e. The summed E-state index contributed by atoms with van der Waals surface area (Å²) >= 11 is 0. The van der Waals surface area contributed by atoms with E-state index in [0.29, 0.717) is 0 Å². The zero-order chi connectivity index (χ0) is 15.3. The summed E-state index contributed by atoms with van der Waals surface area (Å²) in [6.07, 6.45) is 4.36. The van der Waals surface area contributed by atoms with Crippen molar-refractivity contribution in [1.29, 1.82) is 0 Å². The van der Waals surface area contributed by atoms with Crippen molar-refractivity contribution >= 4 is 0 Å². The Bertz CT molecular complexity index is 110. The molecule has 0 heterocycles. The van der Waals surface area contributed by atoms with Gasteiger partial charge in [0.15, 0.2) is 0 Å². The van der Waals surface area contributed by atoms with E-state index in [9.17, 15) is 0 Å². The maximum atomic E-state index is 5.20. The van der Waals surface area contributed by atoms with Gasteiger partial charge in [0.2, 0.25) is 0 Å². The highest BCUT2D eigenvalue weighted by atomic mass is 16.5. The van der Waals surface area contributed by atoms with Gasteiger partial charge in [0.05, 0.1) is 26.4 Å². The highest BCUT2D eigenvalue weighted by molar-refractivity contribution is 4.31. The van der Waals surface area contributed by atoms with Crippen molar-refractivity contribution in [2.75, 3.05) is 52.9 Å². The molecule has 0 saturated heterocycles. The average Bonchev–Trinajstić information content (AvgIpc) is 2.47. The Morgan fingerprint density at radius 1 is 0.350 bits per heavy atom. The number of hydrogen-bond donors (Lipinski definition) is 0. The molecule has 0 aliphatic rings. The molecule has 4 heteroatoms. The van der Waals surface area contributed by atoms with Crippen LogP contribution in [0.15, 0.2) is 0 Å². The van der Waals surface area contributed by atoms with Gasteiger partial charge in [-0.2, -0.15) is 0 Å². The van der Waals surface area contributed by atoms with Gasteiger partial charge in [-0.25, -0.2) is 0 Å². The van der Waals surface area contributed by atoms with Gasteiger partial charge in [-0.05, 0) is 25.7 Å². The predicted octanol–water partition coefficient (Wildman–Crippen LogP) is 3.68. The molecule has 0 aliphatic heterocycles. The maximum Gasteiger partial charge on any atom is 0.0700 e. The van der Waals surface area contributed by atoms with E-state index in [0.717, 1.165) is 78.5 Å². The third-order valence-electron chi connectivity index (χ3n) is 2.14. The zero-order valence-corrected chi connectivity index (χ0v) is 14.1. The fourth-order valence-electron chi connectivity index (χ4n) is 1.22. The third kappa shape index (κ3) is 26.4. The van der Waals surface area contributed by atoms with Crippen LogP contribution in [0.3, 0.4) is 0 Å². The molecular weight excluding hydrogens is 256 g/mol. The van der Waals surface area contributed by atoms with Gasteiger partial charge in [-0.15, -0.1) is 0 Å². The van der Waals surface area contributed by atoms with Crippen molar-refractivity contribution in [2.24, 2.45) is 0 Å². The van der Waals surface area contributed by atoms with Gasteiger partial charge in [-0.3, -0.25) is 0 Å². The van der Waals surface area contributed by atoms with Gasteiger partial charge in [0.1, 0.15) is 0 Å². The first-order valence-corrected chi connectivity index (χ1v) is 8.14. The lowest BCUT2D eigenvalue weighted by molar-refractivity contribution is 0.0483.